The lowest BCUT2D eigenvalue weighted by Gasteiger charge is -2.66. The first-order chi connectivity index (χ1) is 17.8. The number of hydrogen-bond donors (Lipinski definition) is 1. The van der Waals surface area contributed by atoms with Gasteiger partial charge in [0.25, 0.3) is 5.92 Å². The summed E-state index contributed by atoms with van der Waals surface area (Å²) in [5.74, 6) is -0.838. The smallest absolute Gasteiger partial charge is 0.250 e. The van der Waals surface area contributed by atoms with Crippen LogP contribution in [0.4, 0.5) is 8.78 Å². The zero-order chi connectivity index (χ0) is 25.2. The van der Waals surface area contributed by atoms with Gasteiger partial charge >= 0.3 is 0 Å². The maximum absolute atomic E-state index is 13.8. The zero-order valence-corrected chi connectivity index (χ0v) is 21.4. The summed E-state index contributed by atoms with van der Waals surface area (Å²) in [5.41, 5.74) is 2.45. The largest absolute Gasteiger partial charge is 0.504 e. The van der Waals surface area contributed by atoms with Crippen LogP contribution >= 0.6 is 0 Å². The standard InChI is InChI=1S/C29H37F2N3O3/c30-28(31)8-11-32(12-9-28)17-23(36)34-14-7-27-6-5-20(34)26-29(27)10-13-33(16-18-1-2-18)22(27)15-19-3-4-21(35)25(37-26)24(19)29/h3-4,18,20,22,26,35H,1-2,5-17H2/t20-,22-,26+,27-,29+/m1/s1. The number of benzene rings is 1. The predicted molar refractivity (Wildman–Crippen MR) is 133 cm³/mol. The zero-order valence-electron chi connectivity index (χ0n) is 21.4. The van der Waals surface area contributed by atoms with Crippen LogP contribution in [-0.2, 0) is 16.6 Å². The number of fused-ring (bicyclic) bond motifs is 3. The number of piperidine rings is 2. The topological polar surface area (TPSA) is 56.3 Å². The van der Waals surface area contributed by atoms with Gasteiger partial charge in [0.05, 0.1) is 12.6 Å². The number of ether oxygens (including phenoxy) is 1. The third-order valence-corrected chi connectivity index (χ3v) is 11.5. The molecular formula is C29H37F2N3O3. The van der Waals surface area contributed by atoms with Crippen molar-refractivity contribution in [2.45, 2.75) is 87.3 Å². The van der Waals surface area contributed by atoms with E-state index in [1.54, 1.807) is 6.07 Å². The highest BCUT2D eigenvalue weighted by Crippen LogP contribution is 2.71. The van der Waals surface area contributed by atoms with Crippen LogP contribution in [0.15, 0.2) is 12.1 Å². The SMILES string of the molecule is O=C(CN1CCC(F)(F)CC1)N1CC[C@@]23CC[C@@H]1[C@@H]1Oc4c(O)ccc5c4[C@@]12CCN(CC1CC1)[C@@H]3C5. The molecule has 8 aliphatic rings. The fourth-order valence-corrected chi connectivity index (χ4v) is 9.62. The Morgan fingerprint density at radius 1 is 1.03 bits per heavy atom. The molecular weight excluding hydrogens is 476 g/mol. The van der Waals surface area contributed by atoms with Gasteiger partial charge in [0.1, 0.15) is 6.10 Å². The van der Waals surface area contributed by atoms with Crippen molar-refractivity contribution in [1.82, 2.24) is 14.7 Å². The van der Waals surface area contributed by atoms with Gasteiger partial charge in [-0.1, -0.05) is 6.07 Å². The molecule has 1 aromatic rings. The van der Waals surface area contributed by atoms with E-state index in [-0.39, 0.29) is 67.1 Å². The molecule has 4 saturated heterocycles. The van der Waals surface area contributed by atoms with Crippen molar-refractivity contribution in [3.05, 3.63) is 23.3 Å². The molecule has 0 unspecified atom stereocenters. The number of rotatable bonds is 4. The average molecular weight is 514 g/mol. The van der Waals surface area contributed by atoms with Crippen LogP contribution in [-0.4, -0.2) is 89.1 Å². The van der Waals surface area contributed by atoms with E-state index in [1.165, 1.54) is 30.5 Å². The summed E-state index contributed by atoms with van der Waals surface area (Å²) in [6.07, 6.45) is 7.15. The second-order valence-corrected chi connectivity index (χ2v) is 13.1. The molecule has 6 fully saturated rings. The molecule has 1 aromatic carbocycles. The Morgan fingerprint density at radius 2 is 1.84 bits per heavy atom. The minimum atomic E-state index is -2.61. The lowest BCUT2D eigenvalue weighted by molar-refractivity contribution is -0.146. The summed E-state index contributed by atoms with van der Waals surface area (Å²) in [4.78, 5) is 20.5. The van der Waals surface area contributed by atoms with Gasteiger partial charge in [-0.25, -0.2) is 8.78 Å². The van der Waals surface area contributed by atoms with Crippen molar-refractivity contribution >= 4 is 5.91 Å². The maximum Gasteiger partial charge on any atom is 0.250 e. The molecule has 1 N–H and O–H groups in total. The monoisotopic (exact) mass is 513 g/mol. The fraction of sp³-hybridized carbons (Fsp3) is 0.759. The van der Waals surface area contributed by atoms with Crippen LogP contribution in [0.1, 0.15) is 62.5 Å². The van der Waals surface area contributed by atoms with E-state index in [2.05, 4.69) is 15.9 Å². The highest BCUT2D eigenvalue weighted by atomic mass is 19.3. The molecule has 5 heterocycles. The highest BCUT2D eigenvalue weighted by molar-refractivity contribution is 5.79. The van der Waals surface area contributed by atoms with E-state index in [0.717, 1.165) is 44.6 Å². The number of likely N-dealkylation sites (tertiary alicyclic amines) is 2. The molecule has 3 aliphatic carbocycles. The summed E-state index contributed by atoms with van der Waals surface area (Å²) >= 11 is 0. The molecule has 0 radical (unpaired) electrons. The number of nitrogens with zero attached hydrogens (tertiary/aromatic N) is 3. The van der Waals surface area contributed by atoms with Crippen LogP contribution in [0.3, 0.4) is 0 Å². The van der Waals surface area contributed by atoms with Crippen molar-refractivity contribution in [2.24, 2.45) is 11.3 Å². The Balaban J connectivity index is 1.17. The first-order valence-corrected chi connectivity index (χ1v) is 14.5. The Hall–Kier alpha value is -1.93. The maximum atomic E-state index is 13.8. The number of alkyl halides is 2. The molecule has 200 valence electrons. The number of phenolic OH excluding ortho intramolecular Hbond substituents is 1. The van der Waals surface area contributed by atoms with Gasteiger partial charge in [0.2, 0.25) is 5.91 Å². The van der Waals surface area contributed by atoms with Crippen LogP contribution in [0.25, 0.3) is 0 Å². The van der Waals surface area contributed by atoms with E-state index in [4.69, 9.17) is 4.74 Å². The highest BCUT2D eigenvalue weighted by Gasteiger charge is 2.74. The molecule has 9 rings (SSSR count). The van der Waals surface area contributed by atoms with E-state index < -0.39 is 5.92 Å². The van der Waals surface area contributed by atoms with Gasteiger partial charge in [-0.2, -0.15) is 0 Å². The van der Waals surface area contributed by atoms with Gasteiger partial charge in [-0.3, -0.25) is 14.6 Å². The molecule has 6 nitrogen and oxygen atoms in total. The number of phenols is 1. The van der Waals surface area contributed by atoms with Crippen molar-refractivity contribution in [2.75, 3.05) is 39.3 Å². The minimum Gasteiger partial charge on any atom is -0.504 e. The summed E-state index contributed by atoms with van der Waals surface area (Å²) in [7, 11) is 0. The van der Waals surface area contributed by atoms with Gasteiger partial charge in [-0.15, -0.1) is 0 Å². The molecule has 37 heavy (non-hydrogen) atoms. The van der Waals surface area contributed by atoms with E-state index in [0.29, 0.717) is 18.3 Å². The van der Waals surface area contributed by atoms with Gasteiger partial charge < -0.3 is 14.7 Å². The van der Waals surface area contributed by atoms with Crippen LogP contribution < -0.4 is 4.74 Å². The summed E-state index contributed by atoms with van der Waals surface area (Å²) in [5, 5.41) is 10.9. The molecule has 1 amide bonds. The predicted octanol–water partition coefficient (Wildman–Crippen LogP) is 3.54. The third-order valence-electron chi connectivity index (χ3n) is 11.5. The van der Waals surface area contributed by atoms with Gasteiger partial charge in [0, 0.05) is 61.5 Å². The van der Waals surface area contributed by atoms with Crippen molar-refractivity contribution in [3.8, 4) is 11.5 Å². The Labute approximate surface area is 216 Å². The molecule has 5 atom stereocenters. The minimum absolute atomic E-state index is 0.0373. The first-order valence-electron chi connectivity index (χ1n) is 14.5. The third kappa shape index (κ3) is 3.06. The Kier molecular flexibility index (Phi) is 4.72. The number of amides is 1. The average Bonchev–Trinajstić information content (AvgIpc) is 3.66. The fourth-order valence-electron chi connectivity index (χ4n) is 9.62. The molecule has 4 bridgehead atoms. The molecule has 0 aromatic heterocycles. The van der Waals surface area contributed by atoms with Crippen molar-refractivity contribution in [3.63, 3.8) is 0 Å². The van der Waals surface area contributed by atoms with E-state index in [1.807, 2.05) is 4.90 Å². The van der Waals surface area contributed by atoms with E-state index in [9.17, 15) is 18.7 Å². The number of carbonyl (C=O) groups is 1. The lowest BCUT2D eigenvalue weighted by Crippen LogP contribution is -2.72. The summed E-state index contributed by atoms with van der Waals surface area (Å²) in [6, 6.07) is 4.32. The second-order valence-electron chi connectivity index (χ2n) is 13.1. The van der Waals surface area contributed by atoms with Crippen molar-refractivity contribution < 1.29 is 23.4 Å². The first kappa shape index (κ1) is 23.0. The van der Waals surface area contributed by atoms with Crippen molar-refractivity contribution in [1.29, 1.82) is 0 Å². The second kappa shape index (κ2) is 7.59. The number of halogens is 2. The number of carbonyl (C=O) groups excluding carboxylic acids is 1. The lowest BCUT2D eigenvalue weighted by atomic mass is 9.42. The van der Waals surface area contributed by atoms with E-state index >= 15 is 0 Å². The summed E-state index contributed by atoms with van der Waals surface area (Å²) < 4.78 is 34.2. The normalized spacial score (nSPS) is 39.7. The quantitative estimate of drug-likeness (QED) is 0.668. The molecule has 8 heteroatoms. The molecule has 5 aliphatic heterocycles. The number of aromatic hydroxyl groups is 1. The Morgan fingerprint density at radius 3 is 2.62 bits per heavy atom. The van der Waals surface area contributed by atoms with Gasteiger partial charge in [-0.05, 0) is 69.0 Å². The van der Waals surface area contributed by atoms with Crippen LogP contribution in [0.2, 0.25) is 0 Å². The summed E-state index contributed by atoms with van der Waals surface area (Å²) in [6.45, 7) is 3.70. The Bertz CT molecular complexity index is 1150. The molecule has 2 spiro atoms. The van der Waals surface area contributed by atoms with Crippen LogP contribution in [0.5, 0.6) is 11.5 Å². The van der Waals surface area contributed by atoms with Gasteiger partial charge in [0.15, 0.2) is 11.5 Å². The number of hydrogen-bond acceptors (Lipinski definition) is 5. The molecule has 2 saturated carbocycles. The van der Waals surface area contributed by atoms with Crippen LogP contribution in [0, 0.1) is 11.3 Å².